The second kappa shape index (κ2) is 6.30. The van der Waals surface area contributed by atoms with E-state index in [1.165, 1.54) is 17.3 Å². The number of alkyl halides is 2. The van der Waals surface area contributed by atoms with E-state index in [2.05, 4.69) is 10.1 Å². The second-order valence-corrected chi connectivity index (χ2v) is 6.11. The molecule has 1 N–H and O–H groups in total. The average molecular weight is 330 g/mol. The van der Waals surface area contributed by atoms with Gasteiger partial charge in [-0.3, -0.25) is 0 Å². The highest BCUT2D eigenvalue weighted by atomic mass is 35.5. The zero-order valence-electron chi connectivity index (χ0n) is 12.4. The molecule has 0 aliphatic heterocycles. The predicted molar refractivity (Wildman–Crippen MR) is 80.1 cm³/mol. The van der Waals surface area contributed by atoms with Gasteiger partial charge in [-0.05, 0) is 30.0 Å². The van der Waals surface area contributed by atoms with Gasteiger partial charge in [-0.2, -0.15) is 5.10 Å². The number of hydrogen-bond donors (Lipinski definition) is 1. The summed E-state index contributed by atoms with van der Waals surface area (Å²) in [5.74, 6) is -3.55. The Hall–Kier alpha value is -1.53. The van der Waals surface area contributed by atoms with Gasteiger partial charge in [-0.1, -0.05) is 30.7 Å². The molecule has 2 unspecified atom stereocenters. The molecule has 0 saturated carbocycles. The largest absolute Gasteiger partial charge is 0.382 e. The molecule has 22 heavy (non-hydrogen) atoms. The molecule has 0 amide bonds. The van der Waals surface area contributed by atoms with Crippen LogP contribution in [0.25, 0.3) is 0 Å². The van der Waals surface area contributed by atoms with E-state index < -0.39 is 11.5 Å². The molecule has 1 aromatic heterocycles. The minimum atomic E-state index is -3.28. The fourth-order valence-corrected chi connectivity index (χ4v) is 2.51. The Morgan fingerprint density at radius 3 is 2.45 bits per heavy atom. The second-order valence-electron chi connectivity index (χ2n) is 5.67. The zero-order chi connectivity index (χ0) is 16.4. The van der Waals surface area contributed by atoms with Crippen molar-refractivity contribution in [1.29, 1.82) is 0 Å². The van der Waals surface area contributed by atoms with Gasteiger partial charge in [0.25, 0.3) is 5.92 Å². The number of benzene rings is 1. The summed E-state index contributed by atoms with van der Waals surface area (Å²) in [5.41, 5.74) is -1.38. The summed E-state index contributed by atoms with van der Waals surface area (Å²) in [6.07, 6.45) is 2.44. The molecule has 2 atom stereocenters. The van der Waals surface area contributed by atoms with Crippen LogP contribution >= 0.6 is 11.6 Å². The topological polar surface area (TPSA) is 50.9 Å². The Balaban J connectivity index is 2.21. The van der Waals surface area contributed by atoms with Crippen LogP contribution < -0.4 is 0 Å². The van der Waals surface area contributed by atoms with Gasteiger partial charge in [0.1, 0.15) is 18.3 Å². The highest BCUT2D eigenvalue weighted by molar-refractivity contribution is 6.30. The lowest BCUT2D eigenvalue weighted by Gasteiger charge is -2.35. The van der Waals surface area contributed by atoms with Crippen molar-refractivity contribution in [2.75, 3.05) is 0 Å². The molecule has 0 saturated heterocycles. The SMILES string of the molecule is CC(CC(O)(Cn1cncn1)C(C)(F)F)c1ccc(Cl)cc1. The van der Waals surface area contributed by atoms with Crippen molar-refractivity contribution in [1.82, 2.24) is 14.8 Å². The van der Waals surface area contributed by atoms with Crippen LogP contribution in [-0.2, 0) is 6.54 Å². The summed E-state index contributed by atoms with van der Waals surface area (Å²) in [6, 6.07) is 6.95. The highest BCUT2D eigenvalue weighted by Crippen LogP contribution is 2.38. The third-order valence-corrected chi connectivity index (χ3v) is 4.04. The first kappa shape index (κ1) is 16.8. The van der Waals surface area contributed by atoms with Crippen LogP contribution in [0, 0.1) is 0 Å². The minimum absolute atomic E-state index is 0.113. The van der Waals surface area contributed by atoms with Crippen molar-refractivity contribution in [3.8, 4) is 0 Å². The molecule has 1 heterocycles. The molecule has 2 rings (SSSR count). The Morgan fingerprint density at radius 1 is 1.32 bits per heavy atom. The molecule has 4 nitrogen and oxygen atoms in total. The van der Waals surface area contributed by atoms with Crippen LogP contribution in [0.15, 0.2) is 36.9 Å². The van der Waals surface area contributed by atoms with Gasteiger partial charge in [-0.25, -0.2) is 18.4 Å². The lowest BCUT2D eigenvalue weighted by atomic mass is 9.83. The van der Waals surface area contributed by atoms with Crippen LogP contribution in [0.2, 0.25) is 5.02 Å². The van der Waals surface area contributed by atoms with Gasteiger partial charge >= 0.3 is 0 Å². The number of nitrogens with zero attached hydrogens (tertiary/aromatic N) is 3. The van der Waals surface area contributed by atoms with Gasteiger partial charge in [-0.15, -0.1) is 0 Å². The summed E-state index contributed by atoms with van der Waals surface area (Å²) >= 11 is 5.83. The first-order valence-electron chi connectivity index (χ1n) is 6.89. The van der Waals surface area contributed by atoms with Gasteiger partial charge < -0.3 is 5.11 Å². The van der Waals surface area contributed by atoms with Crippen LogP contribution in [0.1, 0.15) is 31.7 Å². The van der Waals surface area contributed by atoms with E-state index in [9.17, 15) is 13.9 Å². The highest BCUT2D eigenvalue weighted by Gasteiger charge is 2.49. The van der Waals surface area contributed by atoms with E-state index in [1.54, 1.807) is 31.2 Å². The van der Waals surface area contributed by atoms with E-state index in [4.69, 9.17) is 11.6 Å². The lowest BCUT2D eigenvalue weighted by Crippen LogP contribution is -2.50. The lowest BCUT2D eigenvalue weighted by molar-refractivity contribution is -0.183. The Bertz CT molecular complexity index is 598. The number of hydrogen-bond acceptors (Lipinski definition) is 3. The van der Waals surface area contributed by atoms with Crippen molar-refractivity contribution < 1.29 is 13.9 Å². The molecular formula is C15H18ClF2N3O. The number of halogens is 3. The Labute approximate surface area is 132 Å². The van der Waals surface area contributed by atoms with Gasteiger partial charge in [0.05, 0.1) is 6.54 Å². The van der Waals surface area contributed by atoms with Crippen LogP contribution in [0.5, 0.6) is 0 Å². The third kappa shape index (κ3) is 3.81. The summed E-state index contributed by atoms with van der Waals surface area (Å²) in [7, 11) is 0. The number of aromatic nitrogens is 3. The molecule has 0 aliphatic rings. The van der Waals surface area contributed by atoms with E-state index in [-0.39, 0.29) is 18.9 Å². The fourth-order valence-electron chi connectivity index (χ4n) is 2.38. The van der Waals surface area contributed by atoms with E-state index in [0.717, 1.165) is 12.5 Å². The molecule has 0 fully saturated rings. The quantitative estimate of drug-likeness (QED) is 0.882. The van der Waals surface area contributed by atoms with Crippen molar-refractivity contribution in [2.45, 2.75) is 44.3 Å². The first-order chi connectivity index (χ1) is 10.2. The third-order valence-electron chi connectivity index (χ3n) is 3.79. The summed E-state index contributed by atoms with van der Waals surface area (Å²) in [4.78, 5) is 3.72. The summed E-state index contributed by atoms with van der Waals surface area (Å²) in [6.45, 7) is 2.19. The Kier molecular flexibility index (Phi) is 4.82. The van der Waals surface area contributed by atoms with E-state index >= 15 is 0 Å². The van der Waals surface area contributed by atoms with Crippen molar-refractivity contribution >= 4 is 11.6 Å². The van der Waals surface area contributed by atoms with Crippen LogP contribution in [-0.4, -0.2) is 31.4 Å². The van der Waals surface area contributed by atoms with Crippen molar-refractivity contribution in [3.63, 3.8) is 0 Å². The summed E-state index contributed by atoms with van der Waals surface area (Å²) < 4.78 is 29.2. The zero-order valence-corrected chi connectivity index (χ0v) is 13.1. The average Bonchev–Trinajstić information content (AvgIpc) is 2.90. The normalized spacial score (nSPS) is 16.3. The molecule has 0 aliphatic carbocycles. The van der Waals surface area contributed by atoms with Crippen molar-refractivity contribution in [2.24, 2.45) is 0 Å². The maximum Gasteiger partial charge on any atom is 0.275 e. The maximum absolute atomic E-state index is 14.0. The molecule has 7 heteroatoms. The standard InChI is InChI=1S/C15H18ClF2N3O/c1-11(12-3-5-13(16)6-4-12)7-15(22,14(2,17)18)8-21-10-19-9-20-21/h3-6,9-11,22H,7-8H2,1-2H3. The van der Waals surface area contributed by atoms with E-state index in [0.29, 0.717) is 5.02 Å². The molecule has 0 radical (unpaired) electrons. The smallest absolute Gasteiger partial charge is 0.275 e. The summed E-state index contributed by atoms with van der Waals surface area (Å²) in [5, 5.41) is 14.9. The fraction of sp³-hybridized carbons (Fsp3) is 0.467. The number of aliphatic hydroxyl groups is 1. The molecule has 0 spiro atoms. The van der Waals surface area contributed by atoms with Gasteiger partial charge in [0, 0.05) is 11.9 Å². The van der Waals surface area contributed by atoms with Crippen LogP contribution in [0.3, 0.4) is 0 Å². The maximum atomic E-state index is 14.0. The number of rotatable bonds is 6. The molecule has 120 valence electrons. The molecule has 2 aromatic rings. The molecule has 1 aromatic carbocycles. The van der Waals surface area contributed by atoms with Gasteiger partial charge in [0.15, 0.2) is 0 Å². The monoisotopic (exact) mass is 329 g/mol. The minimum Gasteiger partial charge on any atom is -0.382 e. The van der Waals surface area contributed by atoms with Crippen molar-refractivity contribution in [3.05, 3.63) is 47.5 Å². The van der Waals surface area contributed by atoms with Gasteiger partial charge in [0.2, 0.25) is 0 Å². The first-order valence-corrected chi connectivity index (χ1v) is 7.27. The molecular weight excluding hydrogens is 312 g/mol. The van der Waals surface area contributed by atoms with E-state index in [1.807, 2.05) is 0 Å². The molecule has 0 bridgehead atoms. The predicted octanol–water partition coefficient (Wildman–Crippen LogP) is 3.51. The Morgan fingerprint density at radius 2 is 1.95 bits per heavy atom. The van der Waals surface area contributed by atoms with Crippen LogP contribution in [0.4, 0.5) is 8.78 Å².